The van der Waals surface area contributed by atoms with Gasteiger partial charge in [-0.05, 0) is 77.4 Å². The van der Waals surface area contributed by atoms with Gasteiger partial charge in [0.05, 0.1) is 26.1 Å². The maximum atomic E-state index is 12.6. The van der Waals surface area contributed by atoms with Crippen LogP contribution in [0.5, 0.6) is 0 Å². The third kappa shape index (κ3) is 52.9. The molecule has 9 heteroatoms. The molecular formula is C60H119NO8. The highest BCUT2D eigenvalue weighted by atomic mass is 16.7. The zero-order valence-corrected chi connectivity index (χ0v) is 46.9. The summed E-state index contributed by atoms with van der Waals surface area (Å²) in [7, 11) is 0. The molecule has 0 rings (SSSR count). The van der Waals surface area contributed by atoms with Crippen molar-refractivity contribution in [1.29, 1.82) is 0 Å². The van der Waals surface area contributed by atoms with Gasteiger partial charge in [0.2, 0.25) is 0 Å². The van der Waals surface area contributed by atoms with Crippen LogP contribution in [0.1, 0.15) is 304 Å². The first-order valence-electron chi connectivity index (χ1n) is 30.5. The Bertz CT molecular complexity index is 906. The molecule has 0 N–H and O–H groups in total. The van der Waals surface area contributed by atoms with Crippen LogP contribution in [-0.4, -0.2) is 88.7 Å². The predicted molar refractivity (Wildman–Crippen MR) is 292 cm³/mol. The van der Waals surface area contributed by atoms with Crippen molar-refractivity contribution in [3.05, 3.63) is 0 Å². The molecule has 9 nitrogen and oxygen atoms in total. The van der Waals surface area contributed by atoms with Crippen LogP contribution in [0.25, 0.3) is 0 Å². The molecule has 0 aromatic carbocycles. The molecule has 0 aliphatic carbocycles. The van der Waals surface area contributed by atoms with Crippen LogP contribution in [0.2, 0.25) is 0 Å². The van der Waals surface area contributed by atoms with Crippen LogP contribution in [0, 0.1) is 0 Å². The van der Waals surface area contributed by atoms with Gasteiger partial charge in [0.1, 0.15) is 0 Å². The molecule has 0 atom stereocenters. The molecule has 69 heavy (non-hydrogen) atoms. The number of carbonyl (C=O) groups is 2. The minimum atomic E-state index is -0.307. The maximum Gasteiger partial charge on any atom is 0.305 e. The largest absolute Gasteiger partial charge is 0.466 e. The summed E-state index contributed by atoms with van der Waals surface area (Å²) >= 11 is 0. The van der Waals surface area contributed by atoms with E-state index in [4.69, 9.17) is 28.4 Å². The Balaban J connectivity index is 4.14. The number of hydrogen-bond acceptors (Lipinski definition) is 9. The fourth-order valence-corrected chi connectivity index (χ4v) is 8.81. The van der Waals surface area contributed by atoms with Gasteiger partial charge in [-0.2, -0.15) is 0 Å². The third-order valence-electron chi connectivity index (χ3n) is 13.5. The van der Waals surface area contributed by atoms with Crippen LogP contribution >= 0.6 is 0 Å². The topological polar surface area (TPSA) is 92.8 Å². The molecule has 0 aliphatic rings. The lowest BCUT2D eigenvalue weighted by molar-refractivity contribution is -0.159. The Morgan fingerprint density at radius 3 is 0.812 bits per heavy atom. The second kappa shape index (κ2) is 57.6. The van der Waals surface area contributed by atoms with E-state index in [0.717, 1.165) is 51.4 Å². The average molecular weight is 983 g/mol. The fourth-order valence-electron chi connectivity index (χ4n) is 8.81. The first-order chi connectivity index (χ1) is 34.0. The van der Waals surface area contributed by atoms with Gasteiger partial charge >= 0.3 is 11.9 Å². The van der Waals surface area contributed by atoms with Gasteiger partial charge in [0.15, 0.2) is 12.6 Å². The zero-order valence-electron chi connectivity index (χ0n) is 46.9. The normalized spacial score (nSPS) is 11.8. The van der Waals surface area contributed by atoms with Gasteiger partial charge in [0, 0.05) is 39.3 Å². The second-order valence-electron chi connectivity index (χ2n) is 20.4. The van der Waals surface area contributed by atoms with E-state index in [2.05, 4.69) is 39.5 Å². The summed E-state index contributed by atoms with van der Waals surface area (Å²) in [5.74, 6) is -0.248. The van der Waals surface area contributed by atoms with Crippen LogP contribution in [-0.2, 0) is 38.0 Å². The lowest BCUT2D eigenvalue weighted by Gasteiger charge is -2.22. The van der Waals surface area contributed by atoms with Gasteiger partial charge in [-0.1, -0.05) is 221 Å². The molecule has 0 saturated carbocycles. The fraction of sp³-hybridized carbons (Fsp3) is 0.967. The molecular weight excluding hydrogens is 863 g/mol. The van der Waals surface area contributed by atoms with E-state index in [1.807, 2.05) is 0 Å². The van der Waals surface area contributed by atoms with Crippen molar-refractivity contribution in [2.75, 3.05) is 59.3 Å². The Hall–Kier alpha value is -1.26. The molecule has 0 unspecified atom stereocenters. The van der Waals surface area contributed by atoms with Crippen molar-refractivity contribution in [3.63, 3.8) is 0 Å². The number of esters is 2. The molecule has 0 fully saturated rings. The highest BCUT2D eigenvalue weighted by molar-refractivity contribution is 5.69. The lowest BCUT2D eigenvalue weighted by atomic mass is 10.1. The van der Waals surface area contributed by atoms with Gasteiger partial charge in [-0.3, -0.25) is 9.59 Å². The molecule has 0 aromatic heterocycles. The number of hydrogen-bond donors (Lipinski definition) is 0. The number of nitrogens with zero attached hydrogens (tertiary/aromatic N) is 1. The van der Waals surface area contributed by atoms with E-state index in [-0.39, 0.29) is 24.5 Å². The molecule has 0 amide bonds. The van der Waals surface area contributed by atoms with E-state index in [1.54, 1.807) is 0 Å². The SMILES string of the molecule is CCCCCCCCOC(CCC(=O)OCCCCCCCCN(CCCC)CCCCCCCCOC(=O)CCC(OCCCCCCCC)OCCCCCCCC)OCCCCCCCC. The summed E-state index contributed by atoms with van der Waals surface area (Å²) in [6.07, 6.45) is 47.5. The average Bonchev–Trinajstić information content (AvgIpc) is 3.35. The molecule has 0 saturated heterocycles. The summed E-state index contributed by atoms with van der Waals surface area (Å²) in [5, 5.41) is 0. The molecule has 0 aliphatic heterocycles. The summed E-state index contributed by atoms with van der Waals surface area (Å²) in [6, 6.07) is 0. The Morgan fingerprint density at radius 1 is 0.290 bits per heavy atom. The summed E-state index contributed by atoms with van der Waals surface area (Å²) < 4.78 is 35.7. The first-order valence-corrected chi connectivity index (χ1v) is 30.5. The molecule has 0 spiro atoms. The van der Waals surface area contributed by atoms with Crippen LogP contribution < -0.4 is 0 Å². The van der Waals surface area contributed by atoms with Gasteiger partial charge < -0.3 is 33.3 Å². The second-order valence-corrected chi connectivity index (χ2v) is 20.4. The van der Waals surface area contributed by atoms with E-state index < -0.39 is 0 Å². The minimum Gasteiger partial charge on any atom is -0.466 e. The number of rotatable bonds is 59. The standard InChI is InChI=1S/C60H119NO8/c1-6-11-16-20-30-40-53-66-59(67-54-41-31-21-17-12-7-2)46-44-57(62)64-51-38-34-26-24-28-36-49-61(48-15-10-5)50-37-29-25-27-35-39-52-65-58(63)45-47-60(68-55-42-32-22-18-13-8-3)69-56-43-33-23-19-14-9-4/h59-60H,6-56H2,1-5H3. The van der Waals surface area contributed by atoms with E-state index in [9.17, 15) is 9.59 Å². The first kappa shape index (κ1) is 67.7. The quantitative estimate of drug-likeness (QED) is 0.0336. The monoisotopic (exact) mass is 982 g/mol. The summed E-state index contributed by atoms with van der Waals surface area (Å²) in [5.41, 5.74) is 0. The van der Waals surface area contributed by atoms with Crippen molar-refractivity contribution in [2.45, 2.75) is 317 Å². The van der Waals surface area contributed by atoms with Gasteiger partial charge in [0.25, 0.3) is 0 Å². The molecule has 0 heterocycles. The van der Waals surface area contributed by atoms with E-state index in [0.29, 0.717) is 65.3 Å². The van der Waals surface area contributed by atoms with Crippen molar-refractivity contribution in [2.24, 2.45) is 0 Å². The third-order valence-corrected chi connectivity index (χ3v) is 13.5. The Kier molecular flexibility index (Phi) is 56.6. The molecule has 0 radical (unpaired) electrons. The predicted octanol–water partition coefficient (Wildman–Crippen LogP) is 17.6. The maximum absolute atomic E-state index is 12.6. The van der Waals surface area contributed by atoms with Crippen LogP contribution in [0.3, 0.4) is 0 Å². The van der Waals surface area contributed by atoms with Crippen LogP contribution in [0.15, 0.2) is 0 Å². The Labute approximate surface area is 429 Å². The van der Waals surface area contributed by atoms with Crippen molar-refractivity contribution < 1.29 is 38.0 Å². The zero-order chi connectivity index (χ0) is 50.2. The van der Waals surface area contributed by atoms with Crippen molar-refractivity contribution >= 4 is 11.9 Å². The molecule has 0 aromatic rings. The van der Waals surface area contributed by atoms with E-state index >= 15 is 0 Å². The summed E-state index contributed by atoms with van der Waals surface area (Å²) in [6.45, 7) is 18.8. The molecule has 412 valence electrons. The summed E-state index contributed by atoms with van der Waals surface area (Å²) in [4.78, 5) is 27.8. The smallest absolute Gasteiger partial charge is 0.305 e. The van der Waals surface area contributed by atoms with Gasteiger partial charge in [-0.25, -0.2) is 0 Å². The number of carbonyl (C=O) groups excluding carboxylic acids is 2. The van der Waals surface area contributed by atoms with Gasteiger partial charge in [-0.15, -0.1) is 0 Å². The Morgan fingerprint density at radius 2 is 0.522 bits per heavy atom. The number of ether oxygens (including phenoxy) is 6. The van der Waals surface area contributed by atoms with Crippen LogP contribution in [0.4, 0.5) is 0 Å². The number of unbranched alkanes of at least 4 members (excludes halogenated alkanes) is 31. The minimum absolute atomic E-state index is 0.124. The lowest BCUT2D eigenvalue weighted by Crippen LogP contribution is -2.27. The van der Waals surface area contributed by atoms with Crippen molar-refractivity contribution in [1.82, 2.24) is 4.90 Å². The van der Waals surface area contributed by atoms with Crippen molar-refractivity contribution in [3.8, 4) is 0 Å². The van der Waals surface area contributed by atoms with E-state index in [1.165, 1.54) is 212 Å². The highest BCUT2D eigenvalue weighted by Crippen LogP contribution is 2.16. The molecule has 0 bridgehead atoms. The highest BCUT2D eigenvalue weighted by Gasteiger charge is 2.15.